The van der Waals surface area contributed by atoms with Crippen LogP contribution in [0.3, 0.4) is 0 Å². The Hall–Kier alpha value is -1.42. The fourth-order valence-electron chi connectivity index (χ4n) is 2.17. The van der Waals surface area contributed by atoms with E-state index in [2.05, 4.69) is 0 Å². The van der Waals surface area contributed by atoms with Crippen LogP contribution in [0.2, 0.25) is 0 Å². The highest BCUT2D eigenvalue weighted by Gasteiger charge is 2.17. The van der Waals surface area contributed by atoms with Crippen LogP contribution < -0.4 is 4.74 Å². The quantitative estimate of drug-likeness (QED) is 0.768. The van der Waals surface area contributed by atoms with Crippen LogP contribution in [0.5, 0.6) is 5.75 Å². The van der Waals surface area contributed by atoms with Crippen molar-refractivity contribution in [3.05, 3.63) is 29.6 Å². The Balaban J connectivity index is 2.03. The van der Waals surface area contributed by atoms with E-state index in [4.69, 9.17) is 9.47 Å². The lowest BCUT2D eigenvalue weighted by Gasteiger charge is -2.23. The molecule has 1 atom stereocenters. The van der Waals surface area contributed by atoms with Gasteiger partial charge in [-0.3, -0.25) is 0 Å². The summed E-state index contributed by atoms with van der Waals surface area (Å²) in [6.45, 7) is 3.24. The van der Waals surface area contributed by atoms with E-state index in [-0.39, 0.29) is 23.6 Å². The molecule has 0 spiro atoms. The third-order valence-electron chi connectivity index (χ3n) is 3.44. The molecule has 0 radical (unpaired) electrons. The van der Waals surface area contributed by atoms with E-state index in [1.807, 2.05) is 13.0 Å². The first kappa shape index (κ1) is 14.0. The third-order valence-corrected chi connectivity index (χ3v) is 3.44. The molecule has 104 valence electrons. The van der Waals surface area contributed by atoms with Gasteiger partial charge in [-0.05, 0) is 23.6 Å². The number of aldehydes is 1. The van der Waals surface area contributed by atoms with Crippen LogP contribution in [0, 0.1) is 5.82 Å². The van der Waals surface area contributed by atoms with E-state index in [1.165, 1.54) is 6.07 Å². The highest BCUT2D eigenvalue weighted by Crippen LogP contribution is 2.26. The molecule has 0 bridgehead atoms. The summed E-state index contributed by atoms with van der Waals surface area (Å²) in [7, 11) is 0. The number of benzene rings is 1. The van der Waals surface area contributed by atoms with Crippen LogP contribution in [0.4, 0.5) is 4.39 Å². The minimum Gasteiger partial charge on any atom is -0.487 e. The van der Waals surface area contributed by atoms with Crippen LogP contribution >= 0.6 is 0 Å². The summed E-state index contributed by atoms with van der Waals surface area (Å²) in [5, 5.41) is 0. The van der Waals surface area contributed by atoms with E-state index in [1.54, 1.807) is 6.07 Å². The van der Waals surface area contributed by atoms with Gasteiger partial charge in [0.25, 0.3) is 0 Å². The summed E-state index contributed by atoms with van der Waals surface area (Å²) in [6, 6.07) is 4.94. The van der Waals surface area contributed by atoms with Crippen LogP contribution in [0.1, 0.15) is 37.7 Å². The van der Waals surface area contributed by atoms with Crippen molar-refractivity contribution in [3.8, 4) is 5.75 Å². The van der Waals surface area contributed by atoms with Crippen molar-refractivity contribution in [3.63, 3.8) is 0 Å². The van der Waals surface area contributed by atoms with Gasteiger partial charge in [-0.25, -0.2) is 4.39 Å². The third kappa shape index (κ3) is 3.77. The van der Waals surface area contributed by atoms with Gasteiger partial charge >= 0.3 is 0 Å². The molecule has 1 aliphatic rings. The number of rotatable bonds is 5. The molecule has 1 unspecified atom stereocenters. The first-order valence-corrected chi connectivity index (χ1v) is 6.68. The van der Waals surface area contributed by atoms with Gasteiger partial charge in [-0.2, -0.15) is 0 Å². The molecule has 0 N–H and O–H groups in total. The molecule has 0 amide bonds. The van der Waals surface area contributed by atoms with Crippen molar-refractivity contribution in [1.82, 2.24) is 0 Å². The molecule has 1 saturated heterocycles. The molecule has 0 aromatic heterocycles. The average Bonchev–Trinajstić information content (AvgIpc) is 2.42. The topological polar surface area (TPSA) is 35.5 Å². The second-order valence-corrected chi connectivity index (χ2v) is 4.92. The average molecular weight is 266 g/mol. The van der Waals surface area contributed by atoms with Crippen LogP contribution in [0.25, 0.3) is 0 Å². The Labute approximate surface area is 112 Å². The zero-order chi connectivity index (χ0) is 13.7. The second kappa shape index (κ2) is 6.66. The summed E-state index contributed by atoms with van der Waals surface area (Å²) >= 11 is 0. The Morgan fingerprint density at radius 3 is 2.84 bits per heavy atom. The van der Waals surface area contributed by atoms with Gasteiger partial charge in [0.2, 0.25) is 0 Å². The monoisotopic (exact) mass is 266 g/mol. The maximum atomic E-state index is 14.0. The fraction of sp³-hybridized carbons (Fsp3) is 0.533. The molecule has 0 aliphatic carbocycles. The van der Waals surface area contributed by atoms with Crippen molar-refractivity contribution >= 4 is 6.29 Å². The highest BCUT2D eigenvalue weighted by molar-refractivity contribution is 5.51. The van der Waals surface area contributed by atoms with Crippen molar-refractivity contribution in [2.45, 2.75) is 38.2 Å². The van der Waals surface area contributed by atoms with Gasteiger partial charge in [0.15, 0.2) is 11.6 Å². The Bertz CT molecular complexity index is 427. The molecule has 1 heterocycles. The lowest BCUT2D eigenvalue weighted by Crippen LogP contribution is -2.26. The normalized spacial score (nSPS) is 18.0. The molecule has 0 saturated carbocycles. The van der Waals surface area contributed by atoms with Crippen LogP contribution in [-0.2, 0) is 9.53 Å². The van der Waals surface area contributed by atoms with E-state index in [0.717, 1.165) is 24.7 Å². The van der Waals surface area contributed by atoms with E-state index < -0.39 is 0 Å². The molecular formula is C15H19FO3. The van der Waals surface area contributed by atoms with Gasteiger partial charge in [0.05, 0.1) is 13.2 Å². The van der Waals surface area contributed by atoms with Crippen LogP contribution in [-0.4, -0.2) is 25.6 Å². The van der Waals surface area contributed by atoms with E-state index in [9.17, 15) is 9.18 Å². The second-order valence-electron chi connectivity index (χ2n) is 4.92. The summed E-state index contributed by atoms with van der Waals surface area (Å²) in [6.07, 6.45) is 2.88. The molecule has 1 aromatic carbocycles. The first-order chi connectivity index (χ1) is 9.20. The minimum atomic E-state index is -0.359. The Morgan fingerprint density at radius 2 is 2.21 bits per heavy atom. The number of ether oxygens (including phenoxy) is 2. The van der Waals surface area contributed by atoms with Crippen molar-refractivity contribution in [2.75, 3.05) is 13.2 Å². The zero-order valence-corrected chi connectivity index (χ0v) is 11.1. The molecule has 1 aliphatic heterocycles. The smallest absolute Gasteiger partial charge is 0.165 e. The molecule has 3 nitrogen and oxygen atoms in total. The summed E-state index contributed by atoms with van der Waals surface area (Å²) in [5.41, 5.74) is 0.823. The lowest BCUT2D eigenvalue weighted by molar-refractivity contribution is -0.108. The van der Waals surface area contributed by atoms with Gasteiger partial charge in [-0.1, -0.05) is 13.0 Å². The zero-order valence-electron chi connectivity index (χ0n) is 11.1. The standard InChI is InChI=1S/C15H19FO3/c1-11(4-7-17)12-2-3-15(14(16)10-12)19-13-5-8-18-9-6-13/h2-3,7,10-11,13H,4-6,8-9H2,1H3. The summed E-state index contributed by atoms with van der Waals surface area (Å²) < 4.78 is 24.9. The lowest BCUT2D eigenvalue weighted by atomic mass is 9.98. The first-order valence-electron chi connectivity index (χ1n) is 6.68. The summed E-state index contributed by atoms with van der Waals surface area (Å²) in [5.74, 6) is -0.0418. The minimum absolute atomic E-state index is 0.0292. The van der Waals surface area contributed by atoms with Crippen molar-refractivity contribution < 1.29 is 18.7 Å². The van der Waals surface area contributed by atoms with Gasteiger partial charge in [0.1, 0.15) is 12.4 Å². The SMILES string of the molecule is CC(CC=O)c1ccc(OC2CCOCC2)c(F)c1. The van der Waals surface area contributed by atoms with Crippen molar-refractivity contribution in [1.29, 1.82) is 0 Å². The number of hydrogen-bond donors (Lipinski definition) is 0. The molecule has 4 heteroatoms. The molecular weight excluding hydrogens is 247 g/mol. The van der Waals surface area contributed by atoms with Crippen LogP contribution in [0.15, 0.2) is 18.2 Å². The molecule has 19 heavy (non-hydrogen) atoms. The number of carbonyl (C=O) groups is 1. The fourth-order valence-corrected chi connectivity index (χ4v) is 2.17. The predicted molar refractivity (Wildman–Crippen MR) is 70.0 cm³/mol. The maximum absolute atomic E-state index is 14.0. The Morgan fingerprint density at radius 1 is 1.47 bits per heavy atom. The molecule has 1 fully saturated rings. The van der Waals surface area contributed by atoms with Gasteiger partial charge in [0, 0.05) is 19.3 Å². The molecule has 1 aromatic rings. The van der Waals surface area contributed by atoms with Crippen molar-refractivity contribution in [2.24, 2.45) is 0 Å². The number of hydrogen-bond acceptors (Lipinski definition) is 3. The number of carbonyl (C=O) groups excluding carboxylic acids is 1. The molecule has 2 rings (SSSR count). The van der Waals surface area contributed by atoms with E-state index in [0.29, 0.717) is 19.6 Å². The predicted octanol–water partition coefficient (Wildman–Crippen LogP) is 3.08. The highest BCUT2D eigenvalue weighted by atomic mass is 19.1. The van der Waals surface area contributed by atoms with Gasteiger partial charge < -0.3 is 14.3 Å². The van der Waals surface area contributed by atoms with Gasteiger partial charge in [-0.15, -0.1) is 0 Å². The summed E-state index contributed by atoms with van der Waals surface area (Å²) in [4.78, 5) is 10.5. The maximum Gasteiger partial charge on any atom is 0.165 e. The Kier molecular flexibility index (Phi) is 4.91. The largest absolute Gasteiger partial charge is 0.487 e. The number of halogens is 1. The van der Waals surface area contributed by atoms with E-state index >= 15 is 0 Å².